The van der Waals surface area contributed by atoms with Crippen LogP contribution in [0.2, 0.25) is 0 Å². The third-order valence-corrected chi connectivity index (χ3v) is 9.24. The van der Waals surface area contributed by atoms with Crippen molar-refractivity contribution in [3.63, 3.8) is 0 Å². The summed E-state index contributed by atoms with van der Waals surface area (Å²) in [6.45, 7) is 2.74. The Balaban J connectivity index is 2.15. The van der Waals surface area contributed by atoms with Crippen molar-refractivity contribution in [3.8, 4) is 0 Å². The second kappa shape index (κ2) is 6.76. The van der Waals surface area contributed by atoms with Crippen molar-refractivity contribution in [2.24, 2.45) is 0 Å². The molecule has 2 atom stereocenters. The molecule has 2 unspecified atom stereocenters. The minimum absolute atomic E-state index is 0.0889. The number of nitrogens with one attached hydrogen (secondary N) is 1. The summed E-state index contributed by atoms with van der Waals surface area (Å²) in [7, 11) is -6.88. The molecule has 1 aliphatic rings. The molecule has 0 spiro atoms. The summed E-state index contributed by atoms with van der Waals surface area (Å²) in [4.78, 5) is 0. The Morgan fingerprint density at radius 2 is 2.10 bits per heavy atom. The van der Waals surface area contributed by atoms with Crippen LogP contribution in [0.25, 0.3) is 0 Å². The predicted molar refractivity (Wildman–Crippen MR) is 85.3 cm³/mol. The molecule has 8 heteroatoms. The summed E-state index contributed by atoms with van der Waals surface area (Å²) in [5, 5.41) is 3.96. The van der Waals surface area contributed by atoms with Gasteiger partial charge in [-0.25, -0.2) is 16.8 Å². The molecule has 1 aromatic heterocycles. The lowest BCUT2D eigenvalue weighted by molar-refractivity contribution is 0.513. The molecule has 0 radical (unpaired) electrons. The van der Waals surface area contributed by atoms with Crippen LogP contribution in [0, 0.1) is 0 Å². The smallest absolute Gasteiger partial charge is 0.193 e. The van der Waals surface area contributed by atoms with Gasteiger partial charge in [-0.15, -0.1) is 11.3 Å². The van der Waals surface area contributed by atoms with E-state index in [0.29, 0.717) is 6.54 Å². The number of hydrogen-bond donors (Lipinski definition) is 1. The molecule has 1 aliphatic heterocycles. The van der Waals surface area contributed by atoms with Gasteiger partial charge in [0.2, 0.25) is 0 Å². The fourth-order valence-electron chi connectivity index (χ4n) is 2.55. The molecule has 2 heterocycles. The Labute approximate surface area is 130 Å². The Kier molecular flexibility index (Phi) is 5.45. The van der Waals surface area contributed by atoms with Gasteiger partial charge in [-0.2, -0.15) is 0 Å². The number of thiophene rings is 1. The molecule has 1 fully saturated rings. The molecular weight excluding hydrogens is 330 g/mol. The zero-order valence-corrected chi connectivity index (χ0v) is 14.4. The Bertz CT molecular complexity index is 650. The van der Waals surface area contributed by atoms with Crippen molar-refractivity contribution in [1.82, 2.24) is 5.32 Å². The van der Waals surface area contributed by atoms with Crippen molar-refractivity contribution in [2.45, 2.75) is 41.7 Å². The van der Waals surface area contributed by atoms with Crippen molar-refractivity contribution in [1.29, 1.82) is 0 Å². The Morgan fingerprint density at radius 3 is 2.71 bits per heavy atom. The molecule has 1 N–H and O–H groups in total. The van der Waals surface area contributed by atoms with E-state index in [1.807, 2.05) is 0 Å². The first-order valence-electron chi connectivity index (χ1n) is 7.08. The van der Waals surface area contributed by atoms with Crippen LogP contribution in [0.5, 0.6) is 0 Å². The van der Waals surface area contributed by atoms with Gasteiger partial charge in [0.15, 0.2) is 19.7 Å². The molecule has 0 aromatic carbocycles. The molecule has 0 aliphatic carbocycles. The lowest BCUT2D eigenvalue weighted by atomic mass is 10.2. The fraction of sp³-hybridized carbons (Fsp3) is 0.692. The standard InChI is InChI=1S/C13H21NO4S3/c1-2-3-4-7-14-11-9-20(15,16)10-12(11)21(17,18)13-6-5-8-19-13/h5-6,8,11-12,14H,2-4,7,9-10H2,1H3. The fourth-order valence-corrected chi connectivity index (χ4v) is 8.49. The minimum atomic E-state index is -3.58. The molecule has 0 bridgehead atoms. The third kappa shape index (κ3) is 4.06. The van der Waals surface area contributed by atoms with Crippen LogP contribution < -0.4 is 5.32 Å². The van der Waals surface area contributed by atoms with E-state index in [1.165, 1.54) is 0 Å². The topological polar surface area (TPSA) is 80.3 Å². The number of hydrogen-bond acceptors (Lipinski definition) is 6. The highest BCUT2D eigenvalue weighted by atomic mass is 32.2. The first-order chi connectivity index (χ1) is 9.87. The average molecular weight is 352 g/mol. The summed E-state index contributed by atoms with van der Waals surface area (Å²) in [5.41, 5.74) is 0. The van der Waals surface area contributed by atoms with Gasteiger partial charge in [-0.3, -0.25) is 0 Å². The number of unbranched alkanes of at least 4 members (excludes halogenated alkanes) is 2. The predicted octanol–water partition coefficient (Wildman–Crippen LogP) is 1.47. The Hall–Kier alpha value is -0.440. The van der Waals surface area contributed by atoms with Crippen LogP contribution in [0.15, 0.2) is 21.7 Å². The van der Waals surface area contributed by atoms with Gasteiger partial charge < -0.3 is 5.32 Å². The number of sulfone groups is 2. The van der Waals surface area contributed by atoms with E-state index in [-0.39, 0.29) is 15.7 Å². The zero-order chi connectivity index (χ0) is 15.5. The van der Waals surface area contributed by atoms with Crippen LogP contribution in [-0.2, 0) is 19.7 Å². The third-order valence-electron chi connectivity index (χ3n) is 3.66. The largest absolute Gasteiger partial charge is 0.312 e. The SMILES string of the molecule is CCCCCNC1CS(=O)(=O)CC1S(=O)(=O)c1cccs1. The monoisotopic (exact) mass is 351 g/mol. The zero-order valence-electron chi connectivity index (χ0n) is 12.0. The van der Waals surface area contributed by atoms with E-state index in [2.05, 4.69) is 12.2 Å². The van der Waals surface area contributed by atoms with Crippen LogP contribution in [-0.4, -0.2) is 46.2 Å². The maximum atomic E-state index is 12.6. The van der Waals surface area contributed by atoms with Crippen molar-refractivity contribution < 1.29 is 16.8 Å². The highest BCUT2D eigenvalue weighted by Gasteiger charge is 2.45. The lowest BCUT2D eigenvalue weighted by Gasteiger charge is -2.19. The second-order valence-corrected chi connectivity index (χ2v) is 10.9. The molecule has 0 amide bonds. The van der Waals surface area contributed by atoms with Crippen molar-refractivity contribution >= 4 is 31.0 Å². The normalized spacial score (nSPS) is 25.2. The van der Waals surface area contributed by atoms with E-state index < -0.39 is 31.0 Å². The molecular formula is C13H21NO4S3. The molecule has 120 valence electrons. The molecule has 2 rings (SSSR count). The Morgan fingerprint density at radius 1 is 1.33 bits per heavy atom. The van der Waals surface area contributed by atoms with Gasteiger partial charge in [0, 0.05) is 6.04 Å². The summed E-state index contributed by atoms with van der Waals surface area (Å²) >= 11 is 1.14. The van der Waals surface area contributed by atoms with Crippen molar-refractivity contribution in [3.05, 3.63) is 17.5 Å². The van der Waals surface area contributed by atoms with Gasteiger partial charge >= 0.3 is 0 Å². The summed E-state index contributed by atoms with van der Waals surface area (Å²) in [5.74, 6) is -0.368. The van der Waals surface area contributed by atoms with Crippen LogP contribution in [0.4, 0.5) is 0 Å². The van der Waals surface area contributed by atoms with E-state index in [9.17, 15) is 16.8 Å². The van der Waals surface area contributed by atoms with Crippen LogP contribution >= 0.6 is 11.3 Å². The van der Waals surface area contributed by atoms with Gasteiger partial charge in [-0.05, 0) is 24.4 Å². The van der Waals surface area contributed by atoms with Gasteiger partial charge in [0.1, 0.15) is 4.21 Å². The summed E-state index contributed by atoms with van der Waals surface area (Å²) in [6, 6.07) is 2.71. The summed E-state index contributed by atoms with van der Waals surface area (Å²) in [6.07, 6.45) is 3.05. The first-order valence-corrected chi connectivity index (χ1v) is 11.3. The van der Waals surface area contributed by atoms with Crippen LogP contribution in [0.3, 0.4) is 0 Å². The highest BCUT2D eigenvalue weighted by Crippen LogP contribution is 2.28. The van der Waals surface area contributed by atoms with Gasteiger partial charge in [-0.1, -0.05) is 25.8 Å². The maximum absolute atomic E-state index is 12.6. The molecule has 0 saturated carbocycles. The molecule has 5 nitrogen and oxygen atoms in total. The molecule has 1 aromatic rings. The minimum Gasteiger partial charge on any atom is -0.312 e. The summed E-state index contributed by atoms with van der Waals surface area (Å²) < 4.78 is 49.1. The van der Waals surface area contributed by atoms with Gasteiger partial charge in [0.05, 0.1) is 16.8 Å². The quantitative estimate of drug-likeness (QED) is 0.753. The lowest BCUT2D eigenvalue weighted by Crippen LogP contribution is -2.43. The van der Waals surface area contributed by atoms with E-state index in [0.717, 1.165) is 30.6 Å². The molecule has 1 saturated heterocycles. The highest BCUT2D eigenvalue weighted by molar-refractivity contribution is 7.97. The number of rotatable bonds is 7. The average Bonchev–Trinajstić information content (AvgIpc) is 3.02. The van der Waals surface area contributed by atoms with Crippen molar-refractivity contribution in [2.75, 3.05) is 18.1 Å². The first kappa shape index (κ1) is 16.9. The molecule has 21 heavy (non-hydrogen) atoms. The van der Waals surface area contributed by atoms with Crippen LogP contribution in [0.1, 0.15) is 26.2 Å². The van der Waals surface area contributed by atoms with E-state index in [1.54, 1.807) is 17.5 Å². The van der Waals surface area contributed by atoms with E-state index >= 15 is 0 Å². The van der Waals surface area contributed by atoms with Gasteiger partial charge in [0.25, 0.3) is 0 Å². The van der Waals surface area contributed by atoms with E-state index in [4.69, 9.17) is 0 Å². The maximum Gasteiger partial charge on any atom is 0.193 e. The second-order valence-electron chi connectivity index (χ2n) is 5.36.